The molecular formula is C28H25ClFN3O3S. The van der Waals surface area contributed by atoms with Gasteiger partial charge in [0.1, 0.15) is 5.82 Å². The van der Waals surface area contributed by atoms with E-state index in [1.165, 1.54) is 12.1 Å². The molecule has 1 aromatic heterocycles. The second kappa shape index (κ2) is 10.5. The van der Waals surface area contributed by atoms with Crippen molar-refractivity contribution >= 4 is 49.1 Å². The zero-order valence-electron chi connectivity index (χ0n) is 20.1. The molecule has 5 rings (SSSR count). The van der Waals surface area contributed by atoms with Crippen molar-refractivity contribution in [2.75, 3.05) is 18.3 Å². The van der Waals surface area contributed by atoms with Crippen LogP contribution in [0.25, 0.3) is 21.7 Å². The van der Waals surface area contributed by atoms with Crippen molar-refractivity contribution in [2.45, 2.75) is 24.3 Å². The van der Waals surface area contributed by atoms with Crippen molar-refractivity contribution in [3.63, 3.8) is 0 Å². The Morgan fingerprint density at radius 2 is 1.81 bits per heavy atom. The monoisotopic (exact) mass is 537 g/mol. The maximum atomic E-state index is 13.3. The highest BCUT2D eigenvalue weighted by Crippen LogP contribution is 2.25. The van der Waals surface area contributed by atoms with Gasteiger partial charge in [0.05, 0.1) is 10.6 Å². The largest absolute Gasteiger partial charge is 0.356 e. The van der Waals surface area contributed by atoms with Gasteiger partial charge in [-0.2, -0.15) is 0 Å². The quantitative estimate of drug-likeness (QED) is 0.228. The Morgan fingerprint density at radius 1 is 1.00 bits per heavy atom. The molecule has 1 heterocycles. The zero-order valence-corrected chi connectivity index (χ0v) is 21.7. The topological polar surface area (TPSA) is 75.4 Å². The lowest BCUT2D eigenvalue weighted by Gasteiger charge is -2.17. The standard InChI is InChI=1S/C28H25ClFN3O3S/c1-33(13-3-6-27-26-12-10-23(30)17-28(26)36-31-27)18-19-4-2-5-24(14-19)32-37(34,35)25-11-8-20-15-22(29)9-7-21(20)16-25/h2,4-5,7-12,14-17,32H,3,6,13,18H2,1H3. The third-order valence-corrected chi connectivity index (χ3v) is 7.79. The van der Waals surface area contributed by atoms with Crippen molar-refractivity contribution in [1.82, 2.24) is 10.1 Å². The van der Waals surface area contributed by atoms with E-state index in [0.29, 0.717) is 29.3 Å². The van der Waals surface area contributed by atoms with Crippen LogP contribution in [-0.2, 0) is 23.0 Å². The Labute approximate surface area is 219 Å². The molecule has 0 aliphatic carbocycles. The minimum Gasteiger partial charge on any atom is -0.356 e. The second-order valence-corrected chi connectivity index (χ2v) is 11.2. The van der Waals surface area contributed by atoms with E-state index in [9.17, 15) is 12.8 Å². The number of nitrogens with one attached hydrogen (secondary N) is 1. The maximum absolute atomic E-state index is 13.3. The van der Waals surface area contributed by atoms with Gasteiger partial charge in [-0.15, -0.1) is 0 Å². The molecular weight excluding hydrogens is 513 g/mol. The van der Waals surface area contributed by atoms with Crippen molar-refractivity contribution < 1.29 is 17.3 Å². The van der Waals surface area contributed by atoms with Crippen LogP contribution in [0.5, 0.6) is 0 Å². The number of fused-ring (bicyclic) bond motifs is 2. The third-order valence-electron chi connectivity index (χ3n) is 6.18. The number of halogens is 2. The lowest BCUT2D eigenvalue weighted by atomic mass is 10.1. The fourth-order valence-corrected chi connectivity index (χ4v) is 5.63. The van der Waals surface area contributed by atoms with Crippen molar-refractivity contribution in [1.29, 1.82) is 0 Å². The van der Waals surface area contributed by atoms with Gasteiger partial charge in [-0.1, -0.05) is 41.0 Å². The summed E-state index contributed by atoms with van der Waals surface area (Å²) in [6.07, 6.45) is 1.55. The van der Waals surface area contributed by atoms with E-state index in [0.717, 1.165) is 40.4 Å². The number of benzene rings is 4. The summed E-state index contributed by atoms with van der Waals surface area (Å²) in [6, 6.07) is 22.1. The van der Waals surface area contributed by atoms with E-state index in [1.54, 1.807) is 48.5 Å². The summed E-state index contributed by atoms with van der Waals surface area (Å²) < 4.78 is 47.3. The molecule has 190 valence electrons. The lowest BCUT2D eigenvalue weighted by Crippen LogP contribution is -2.20. The minimum absolute atomic E-state index is 0.188. The van der Waals surface area contributed by atoms with Crippen molar-refractivity contribution in [3.8, 4) is 0 Å². The van der Waals surface area contributed by atoms with Crippen LogP contribution in [0.1, 0.15) is 17.7 Å². The first-order valence-corrected chi connectivity index (χ1v) is 13.7. The molecule has 0 fully saturated rings. The molecule has 6 nitrogen and oxygen atoms in total. The molecule has 0 unspecified atom stereocenters. The van der Waals surface area contributed by atoms with Crippen LogP contribution in [0.2, 0.25) is 5.02 Å². The number of sulfonamides is 1. The van der Waals surface area contributed by atoms with Gasteiger partial charge in [-0.05, 0) is 91.3 Å². The molecule has 5 aromatic rings. The van der Waals surface area contributed by atoms with E-state index in [1.807, 2.05) is 25.2 Å². The fraction of sp³-hybridized carbons (Fsp3) is 0.179. The first-order chi connectivity index (χ1) is 17.8. The summed E-state index contributed by atoms with van der Waals surface area (Å²) in [5, 5.41) is 7.19. The SMILES string of the molecule is CN(CCCc1noc2cc(F)ccc12)Cc1cccc(NS(=O)(=O)c2ccc3cc(Cl)ccc3c2)c1. The van der Waals surface area contributed by atoms with Gasteiger partial charge in [-0.3, -0.25) is 4.72 Å². The summed E-state index contributed by atoms with van der Waals surface area (Å²) in [5.74, 6) is -0.345. The first kappa shape index (κ1) is 25.2. The smallest absolute Gasteiger partial charge is 0.261 e. The molecule has 4 aromatic carbocycles. The Hall–Kier alpha value is -3.46. The van der Waals surface area contributed by atoms with E-state index >= 15 is 0 Å². The van der Waals surface area contributed by atoms with Gasteiger partial charge in [0, 0.05) is 28.7 Å². The minimum atomic E-state index is -3.76. The lowest BCUT2D eigenvalue weighted by molar-refractivity contribution is 0.320. The van der Waals surface area contributed by atoms with Crippen molar-refractivity contribution in [2.24, 2.45) is 0 Å². The van der Waals surface area contributed by atoms with Gasteiger partial charge in [-0.25, -0.2) is 12.8 Å². The van der Waals surface area contributed by atoms with E-state index in [4.69, 9.17) is 16.1 Å². The summed E-state index contributed by atoms with van der Waals surface area (Å²) in [5.41, 5.74) is 2.76. The van der Waals surface area contributed by atoms with Crippen LogP contribution in [0.15, 0.2) is 88.3 Å². The van der Waals surface area contributed by atoms with Crippen LogP contribution in [0.4, 0.5) is 10.1 Å². The second-order valence-electron chi connectivity index (χ2n) is 9.07. The summed E-state index contributed by atoms with van der Waals surface area (Å²) >= 11 is 6.03. The molecule has 1 N–H and O–H groups in total. The van der Waals surface area contributed by atoms with Gasteiger partial charge >= 0.3 is 0 Å². The number of anilines is 1. The van der Waals surface area contributed by atoms with Crippen LogP contribution >= 0.6 is 11.6 Å². The Kier molecular flexibility index (Phi) is 7.15. The highest BCUT2D eigenvalue weighted by atomic mass is 35.5. The number of hydrogen-bond acceptors (Lipinski definition) is 5. The Bertz CT molecular complexity index is 1690. The van der Waals surface area contributed by atoms with Gasteiger partial charge in [0.2, 0.25) is 0 Å². The highest BCUT2D eigenvalue weighted by molar-refractivity contribution is 7.92. The molecule has 0 aliphatic rings. The molecule has 9 heteroatoms. The zero-order chi connectivity index (χ0) is 26.0. The molecule has 0 amide bonds. The van der Waals surface area contributed by atoms with Gasteiger partial charge < -0.3 is 9.42 Å². The molecule has 37 heavy (non-hydrogen) atoms. The summed E-state index contributed by atoms with van der Waals surface area (Å²) in [6.45, 7) is 1.45. The average Bonchev–Trinajstić information content (AvgIpc) is 3.25. The fourth-order valence-electron chi connectivity index (χ4n) is 4.36. The third kappa shape index (κ3) is 5.93. The first-order valence-electron chi connectivity index (χ1n) is 11.8. The number of nitrogens with zero attached hydrogens (tertiary/aromatic N) is 2. The molecule has 0 atom stereocenters. The Balaban J connectivity index is 1.20. The maximum Gasteiger partial charge on any atom is 0.261 e. The normalized spacial score (nSPS) is 12.0. The van der Waals surface area contributed by atoms with Crippen LogP contribution in [-0.4, -0.2) is 32.1 Å². The molecule has 0 saturated heterocycles. The van der Waals surface area contributed by atoms with Crippen LogP contribution in [0, 0.1) is 5.82 Å². The van der Waals surface area contributed by atoms with Gasteiger partial charge in [0.15, 0.2) is 5.58 Å². The highest BCUT2D eigenvalue weighted by Gasteiger charge is 2.15. The van der Waals surface area contributed by atoms with Crippen LogP contribution < -0.4 is 4.72 Å². The van der Waals surface area contributed by atoms with Crippen molar-refractivity contribution in [3.05, 3.63) is 101 Å². The number of rotatable bonds is 9. The van der Waals surface area contributed by atoms with E-state index < -0.39 is 10.0 Å². The predicted molar refractivity (Wildman–Crippen MR) is 145 cm³/mol. The molecule has 0 spiro atoms. The number of aromatic nitrogens is 1. The summed E-state index contributed by atoms with van der Waals surface area (Å²) in [7, 11) is -1.75. The summed E-state index contributed by atoms with van der Waals surface area (Å²) in [4.78, 5) is 2.34. The van der Waals surface area contributed by atoms with E-state index in [-0.39, 0.29) is 10.7 Å². The van der Waals surface area contributed by atoms with E-state index in [2.05, 4.69) is 14.8 Å². The average molecular weight is 538 g/mol. The number of hydrogen-bond donors (Lipinski definition) is 1. The number of aryl methyl sites for hydroxylation is 1. The molecule has 0 saturated carbocycles. The van der Waals surface area contributed by atoms with Gasteiger partial charge in [0.25, 0.3) is 10.0 Å². The predicted octanol–water partition coefficient (Wildman–Crippen LogP) is 6.64. The molecule has 0 radical (unpaired) electrons. The molecule has 0 aliphatic heterocycles. The molecule has 0 bridgehead atoms. The Morgan fingerprint density at radius 3 is 2.68 bits per heavy atom. The van der Waals surface area contributed by atoms with Crippen LogP contribution in [0.3, 0.4) is 0 Å².